The number of halogens is 3. The Bertz CT molecular complexity index is 789. The van der Waals surface area contributed by atoms with Crippen LogP contribution >= 0.6 is 0 Å². The first kappa shape index (κ1) is 17.5. The zero-order chi connectivity index (χ0) is 18.1. The van der Waals surface area contributed by atoms with Crippen LogP contribution in [0.2, 0.25) is 0 Å². The fraction of sp³-hybridized carbons (Fsp3) is 0.200. The highest BCUT2D eigenvalue weighted by Gasteiger charge is 2.30. The minimum absolute atomic E-state index is 0.257. The molecule has 1 aliphatic rings. The molecule has 0 fully saturated rings. The Kier molecular flexibility index (Phi) is 4.54. The van der Waals surface area contributed by atoms with Crippen LogP contribution in [0.3, 0.4) is 0 Å². The van der Waals surface area contributed by atoms with Crippen molar-refractivity contribution in [2.45, 2.75) is 24.2 Å². The van der Waals surface area contributed by atoms with Gasteiger partial charge in [0.15, 0.2) is 0 Å². The van der Waals surface area contributed by atoms with Crippen molar-refractivity contribution in [3.05, 3.63) is 84.0 Å². The molecule has 0 aromatic heterocycles. The third-order valence-electron chi connectivity index (χ3n) is 4.47. The summed E-state index contributed by atoms with van der Waals surface area (Å²) in [5.41, 5.74) is 13.8. The van der Waals surface area contributed by atoms with E-state index in [4.69, 9.17) is 11.5 Å². The van der Waals surface area contributed by atoms with Crippen molar-refractivity contribution < 1.29 is 13.2 Å². The maximum absolute atomic E-state index is 12.6. The molecule has 0 bridgehead atoms. The Morgan fingerprint density at radius 3 is 1.96 bits per heavy atom. The number of allylic oxidation sites excluding steroid dienone is 2. The Morgan fingerprint density at radius 2 is 1.44 bits per heavy atom. The molecule has 0 spiro atoms. The molecule has 25 heavy (non-hydrogen) atoms. The normalized spacial score (nSPS) is 23.0. The van der Waals surface area contributed by atoms with E-state index in [0.29, 0.717) is 6.42 Å². The Balaban J connectivity index is 1.76. The summed E-state index contributed by atoms with van der Waals surface area (Å²) in [6, 6.07) is 12.5. The molecule has 0 aliphatic heterocycles. The molecule has 0 saturated heterocycles. The first-order valence-corrected chi connectivity index (χ1v) is 7.95. The maximum Gasteiger partial charge on any atom is 0.416 e. The number of nitrogens with two attached hydrogens (primary N) is 2. The average molecular weight is 344 g/mol. The van der Waals surface area contributed by atoms with E-state index in [-0.39, 0.29) is 6.04 Å². The molecule has 0 amide bonds. The van der Waals surface area contributed by atoms with Gasteiger partial charge in [0, 0.05) is 6.04 Å². The van der Waals surface area contributed by atoms with E-state index in [1.54, 1.807) is 0 Å². The quantitative estimate of drug-likeness (QED) is 0.882. The third kappa shape index (κ3) is 3.83. The molecular weight excluding hydrogens is 325 g/mol. The van der Waals surface area contributed by atoms with Gasteiger partial charge in [0.2, 0.25) is 0 Å². The molecule has 130 valence electrons. The molecule has 0 radical (unpaired) electrons. The smallest absolute Gasteiger partial charge is 0.323 e. The zero-order valence-electron chi connectivity index (χ0n) is 13.5. The van der Waals surface area contributed by atoms with Gasteiger partial charge in [-0.1, -0.05) is 60.7 Å². The highest BCUT2D eigenvalue weighted by atomic mass is 19.4. The van der Waals surface area contributed by atoms with Crippen LogP contribution in [0.25, 0.3) is 11.1 Å². The summed E-state index contributed by atoms with van der Waals surface area (Å²) >= 11 is 0. The second-order valence-corrected chi connectivity index (χ2v) is 6.33. The first-order chi connectivity index (χ1) is 11.8. The second-order valence-electron chi connectivity index (χ2n) is 6.33. The van der Waals surface area contributed by atoms with E-state index >= 15 is 0 Å². The van der Waals surface area contributed by atoms with Crippen molar-refractivity contribution in [3.8, 4) is 11.1 Å². The first-order valence-electron chi connectivity index (χ1n) is 7.95. The number of hydrogen-bond acceptors (Lipinski definition) is 2. The van der Waals surface area contributed by atoms with Gasteiger partial charge < -0.3 is 11.5 Å². The molecule has 1 aliphatic carbocycles. The molecule has 2 aromatic rings. The highest BCUT2D eigenvalue weighted by Crippen LogP contribution is 2.31. The summed E-state index contributed by atoms with van der Waals surface area (Å²) in [7, 11) is 0. The van der Waals surface area contributed by atoms with Gasteiger partial charge in [-0.05, 0) is 35.2 Å². The lowest BCUT2D eigenvalue weighted by molar-refractivity contribution is -0.137. The van der Waals surface area contributed by atoms with Gasteiger partial charge in [-0.25, -0.2) is 0 Å². The predicted molar refractivity (Wildman–Crippen MR) is 93.8 cm³/mol. The molecule has 5 heteroatoms. The van der Waals surface area contributed by atoms with Gasteiger partial charge in [0.05, 0.1) is 11.1 Å². The molecule has 0 saturated carbocycles. The molecule has 2 aromatic carbocycles. The maximum atomic E-state index is 12.6. The zero-order valence-corrected chi connectivity index (χ0v) is 13.5. The minimum atomic E-state index is -4.32. The van der Waals surface area contributed by atoms with Gasteiger partial charge in [0.25, 0.3) is 0 Å². The Labute approximate surface area is 144 Å². The van der Waals surface area contributed by atoms with Crippen LogP contribution in [-0.4, -0.2) is 11.6 Å². The van der Waals surface area contributed by atoms with Gasteiger partial charge >= 0.3 is 6.18 Å². The molecule has 4 N–H and O–H groups in total. The summed E-state index contributed by atoms with van der Waals surface area (Å²) in [4.78, 5) is 0. The van der Waals surface area contributed by atoms with Gasteiger partial charge in [-0.2, -0.15) is 13.2 Å². The fourth-order valence-corrected chi connectivity index (χ4v) is 2.91. The summed E-state index contributed by atoms with van der Waals surface area (Å²) in [5, 5.41) is 0. The summed E-state index contributed by atoms with van der Waals surface area (Å²) in [6.45, 7) is 0. The second kappa shape index (κ2) is 6.50. The fourth-order valence-electron chi connectivity index (χ4n) is 2.91. The average Bonchev–Trinajstić information content (AvgIpc) is 2.58. The standard InChI is InChI=1S/C20H19F3N2/c21-20(22,23)17-10-8-16(9-11-17)15-6-4-14(5-7-15)13-19(25)12-2-1-3-18(19)24/h1-12,18H,13,24-25H2. The monoisotopic (exact) mass is 344 g/mol. The number of hydrogen-bond donors (Lipinski definition) is 2. The van der Waals surface area contributed by atoms with E-state index in [2.05, 4.69) is 0 Å². The predicted octanol–water partition coefficient (Wildman–Crippen LogP) is 4.07. The third-order valence-corrected chi connectivity index (χ3v) is 4.47. The van der Waals surface area contributed by atoms with Crippen molar-refractivity contribution in [2.75, 3.05) is 0 Å². The Morgan fingerprint density at radius 1 is 0.880 bits per heavy atom. The lowest BCUT2D eigenvalue weighted by Crippen LogP contribution is -2.55. The summed E-state index contributed by atoms with van der Waals surface area (Å²) in [6.07, 6.45) is 3.81. The van der Waals surface area contributed by atoms with E-state index in [0.717, 1.165) is 28.8 Å². The van der Waals surface area contributed by atoms with Crippen LogP contribution in [0.15, 0.2) is 72.8 Å². The topological polar surface area (TPSA) is 52.0 Å². The molecule has 0 heterocycles. The lowest BCUT2D eigenvalue weighted by atomic mass is 9.82. The van der Waals surface area contributed by atoms with Crippen molar-refractivity contribution in [2.24, 2.45) is 11.5 Å². The van der Waals surface area contributed by atoms with E-state index < -0.39 is 17.3 Å². The molecule has 3 rings (SSSR count). The van der Waals surface area contributed by atoms with Crippen molar-refractivity contribution in [3.63, 3.8) is 0 Å². The Hall–Kier alpha value is -2.37. The summed E-state index contributed by atoms with van der Waals surface area (Å²) < 4.78 is 37.9. The lowest BCUT2D eigenvalue weighted by Gasteiger charge is -2.32. The van der Waals surface area contributed by atoms with Crippen LogP contribution in [0.1, 0.15) is 11.1 Å². The van der Waals surface area contributed by atoms with Gasteiger partial charge in [0.1, 0.15) is 0 Å². The largest absolute Gasteiger partial charge is 0.416 e. The number of alkyl halides is 3. The van der Waals surface area contributed by atoms with Gasteiger partial charge in [-0.15, -0.1) is 0 Å². The van der Waals surface area contributed by atoms with Crippen LogP contribution in [0.4, 0.5) is 13.2 Å². The van der Waals surface area contributed by atoms with E-state index in [9.17, 15) is 13.2 Å². The number of benzene rings is 2. The van der Waals surface area contributed by atoms with E-state index in [1.807, 2.05) is 48.6 Å². The van der Waals surface area contributed by atoms with Crippen LogP contribution < -0.4 is 11.5 Å². The van der Waals surface area contributed by atoms with Crippen LogP contribution in [0.5, 0.6) is 0 Å². The SMILES string of the molecule is NC1C=CC=CC1(N)Cc1ccc(-c2ccc(C(F)(F)F)cc2)cc1. The van der Waals surface area contributed by atoms with Crippen LogP contribution in [-0.2, 0) is 12.6 Å². The van der Waals surface area contributed by atoms with E-state index in [1.165, 1.54) is 12.1 Å². The van der Waals surface area contributed by atoms with Gasteiger partial charge in [-0.3, -0.25) is 0 Å². The van der Waals surface area contributed by atoms with Crippen molar-refractivity contribution in [1.82, 2.24) is 0 Å². The van der Waals surface area contributed by atoms with Crippen LogP contribution in [0, 0.1) is 0 Å². The highest BCUT2D eigenvalue weighted by molar-refractivity contribution is 5.64. The summed E-state index contributed by atoms with van der Waals surface area (Å²) in [5.74, 6) is 0. The molecular formula is C20H19F3N2. The van der Waals surface area contributed by atoms with Crippen molar-refractivity contribution in [1.29, 1.82) is 0 Å². The van der Waals surface area contributed by atoms with Crippen molar-refractivity contribution >= 4 is 0 Å². The minimum Gasteiger partial charge on any atom is -0.323 e. The molecule has 2 nitrogen and oxygen atoms in total. The number of rotatable bonds is 3. The molecule has 2 atom stereocenters. The molecule has 2 unspecified atom stereocenters.